The Hall–Kier alpha value is -2.00. The minimum atomic E-state index is -3.15. The lowest BCUT2D eigenvalue weighted by atomic mass is 9.98. The number of hydrogen-bond acceptors (Lipinski definition) is 6. The lowest BCUT2D eigenvalue weighted by molar-refractivity contribution is 0.241. The van der Waals surface area contributed by atoms with Gasteiger partial charge in [-0.1, -0.05) is 12.1 Å². The van der Waals surface area contributed by atoms with E-state index in [4.69, 9.17) is 9.26 Å². The molecule has 26 heavy (non-hydrogen) atoms. The number of nitrogens with zero attached hydrogens (tertiary/aromatic N) is 3. The van der Waals surface area contributed by atoms with Crippen molar-refractivity contribution in [1.82, 2.24) is 14.4 Å². The van der Waals surface area contributed by atoms with Crippen molar-refractivity contribution in [3.63, 3.8) is 0 Å². The van der Waals surface area contributed by atoms with Crippen molar-refractivity contribution in [2.24, 2.45) is 0 Å². The molecule has 0 saturated carbocycles. The quantitative estimate of drug-likeness (QED) is 0.731. The van der Waals surface area contributed by atoms with E-state index in [1.54, 1.807) is 4.31 Å². The molecule has 142 valence electrons. The summed E-state index contributed by atoms with van der Waals surface area (Å²) in [5.74, 6) is 1.36. The van der Waals surface area contributed by atoms with Crippen LogP contribution in [0.15, 0.2) is 28.8 Å². The third-order valence-corrected chi connectivity index (χ3v) is 6.41. The van der Waals surface area contributed by atoms with Gasteiger partial charge >= 0.3 is 0 Å². The van der Waals surface area contributed by atoms with Crippen LogP contribution in [0.3, 0.4) is 0 Å². The first kappa shape index (κ1) is 18.8. The summed E-state index contributed by atoms with van der Waals surface area (Å²) in [5.41, 5.74) is 0. The van der Waals surface area contributed by atoms with E-state index in [0.29, 0.717) is 49.8 Å². The maximum Gasteiger partial charge on any atom is 0.264 e. The Morgan fingerprint density at radius 1 is 1.27 bits per heavy atom. The molecule has 0 bridgehead atoms. The largest absolute Gasteiger partial charge is 0.484 e. The van der Waals surface area contributed by atoms with Crippen LogP contribution >= 0.6 is 0 Å². The normalized spacial score (nSPS) is 16.7. The zero-order chi connectivity index (χ0) is 18.6. The molecule has 1 aromatic carbocycles. The molecule has 7 nitrogen and oxygen atoms in total. The fourth-order valence-electron chi connectivity index (χ4n) is 2.95. The van der Waals surface area contributed by atoms with Gasteiger partial charge in [0.05, 0.1) is 5.75 Å². The van der Waals surface area contributed by atoms with E-state index in [-0.39, 0.29) is 24.1 Å². The predicted octanol–water partition coefficient (Wildman–Crippen LogP) is 2.71. The predicted molar refractivity (Wildman–Crippen MR) is 92.7 cm³/mol. The summed E-state index contributed by atoms with van der Waals surface area (Å²) >= 11 is 0. The molecule has 0 spiro atoms. The second kappa shape index (κ2) is 8.13. The summed E-state index contributed by atoms with van der Waals surface area (Å²) in [6.45, 7) is 2.91. The number of benzene rings is 1. The summed E-state index contributed by atoms with van der Waals surface area (Å²) in [5, 5.41) is 4.00. The van der Waals surface area contributed by atoms with Crippen molar-refractivity contribution >= 4 is 10.0 Å². The smallest absolute Gasteiger partial charge is 0.264 e. The molecule has 2 aromatic rings. The Bertz CT molecular complexity index is 815. The van der Waals surface area contributed by atoms with Crippen LogP contribution in [0.2, 0.25) is 0 Å². The van der Waals surface area contributed by atoms with Gasteiger partial charge in [0.25, 0.3) is 5.89 Å². The molecular formula is C17H22FN3O4S. The van der Waals surface area contributed by atoms with Crippen LogP contribution in [0.4, 0.5) is 4.39 Å². The molecule has 1 fully saturated rings. The molecule has 0 aliphatic carbocycles. The molecule has 1 saturated heterocycles. The molecule has 0 radical (unpaired) electrons. The van der Waals surface area contributed by atoms with E-state index < -0.39 is 10.0 Å². The highest BCUT2D eigenvalue weighted by molar-refractivity contribution is 7.89. The fourth-order valence-corrected chi connectivity index (χ4v) is 4.49. The SMILES string of the molecule is CCCS(=O)(=O)N1CCC(c2noc(COc3ccc(F)cc3)n2)CC1. The summed E-state index contributed by atoms with van der Waals surface area (Å²) in [4.78, 5) is 4.35. The summed E-state index contributed by atoms with van der Waals surface area (Å²) in [6.07, 6.45) is 1.95. The number of halogens is 1. The highest BCUT2D eigenvalue weighted by Gasteiger charge is 2.30. The molecule has 9 heteroatoms. The highest BCUT2D eigenvalue weighted by Crippen LogP contribution is 2.27. The molecule has 0 N–H and O–H groups in total. The third kappa shape index (κ3) is 4.59. The summed E-state index contributed by atoms with van der Waals surface area (Å²) in [7, 11) is -3.15. The monoisotopic (exact) mass is 383 g/mol. The number of hydrogen-bond donors (Lipinski definition) is 0. The van der Waals surface area contributed by atoms with Crippen molar-refractivity contribution in [3.8, 4) is 5.75 Å². The van der Waals surface area contributed by atoms with Crippen molar-refractivity contribution in [3.05, 3.63) is 41.8 Å². The molecule has 1 aromatic heterocycles. The van der Waals surface area contributed by atoms with Gasteiger partial charge in [0.1, 0.15) is 11.6 Å². The zero-order valence-corrected chi connectivity index (χ0v) is 15.4. The van der Waals surface area contributed by atoms with Gasteiger partial charge in [0.15, 0.2) is 12.4 Å². The fraction of sp³-hybridized carbons (Fsp3) is 0.529. The van der Waals surface area contributed by atoms with Crippen LogP contribution in [-0.4, -0.2) is 41.7 Å². The Kier molecular flexibility index (Phi) is 5.87. The Labute approximate surface area is 152 Å². The number of sulfonamides is 1. The molecule has 0 unspecified atom stereocenters. The number of aromatic nitrogens is 2. The maximum absolute atomic E-state index is 12.9. The molecule has 0 atom stereocenters. The van der Waals surface area contributed by atoms with E-state index in [2.05, 4.69) is 10.1 Å². The van der Waals surface area contributed by atoms with Crippen LogP contribution in [-0.2, 0) is 16.6 Å². The molecule has 1 aliphatic heterocycles. The van der Waals surface area contributed by atoms with Crippen molar-refractivity contribution in [2.75, 3.05) is 18.8 Å². The number of rotatable bonds is 7. The third-order valence-electron chi connectivity index (χ3n) is 4.33. The lowest BCUT2D eigenvalue weighted by Crippen LogP contribution is -2.39. The van der Waals surface area contributed by atoms with E-state index >= 15 is 0 Å². The van der Waals surface area contributed by atoms with Gasteiger partial charge < -0.3 is 9.26 Å². The zero-order valence-electron chi connectivity index (χ0n) is 14.6. The van der Waals surface area contributed by atoms with Gasteiger partial charge in [-0.25, -0.2) is 17.1 Å². The minimum Gasteiger partial charge on any atom is -0.484 e. The maximum atomic E-state index is 12.9. The van der Waals surface area contributed by atoms with Crippen molar-refractivity contribution in [1.29, 1.82) is 0 Å². The number of ether oxygens (including phenoxy) is 1. The van der Waals surface area contributed by atoms with Crippen LogP contribution in [0.1, 0.15) is 43.8 Å². The van der Waals surface area contributed by atoms with Gasteiger partial charge in [-0.2, -0.15) is 4.98 Å². The van der Waals surface area contributed by atoms with Crippen molar-refractivity contribution < 1.29 is 22.1 Å². The lowest BCUT2D eigenvalue weighted by Gasteiger charge is -2.29. The minimum absolute atomic E-state index is 0.0754. The Morgan fingerprint density at radius 3 is 2.62 bits per heavy atom. The van der Waals surface area contributed by atoms with Gasteiger partial charge in [-0.15, -0.1) is 0 Å². The first-order chi connectivity index (χ1) is 12.5. The first-order valence-corrected chi connectivity index (χ1v) is 10.3. The van der Waals surface area contributed by atoms with E-state index in [1.807, 2.05) is 6.92 Å². The van der Waals surface area contributed by atoms with E-state index in [1.165, 1.54) is 24.3 Å². The van der Waals surface area contributed by atoms with Crippen LogP contribution in [0.25, 0.3) is 0 Å². The van der Waals surface area contributed by atoms with Gasteiger partial charge in [0.2, 0.25) is 10.0 Å². The summed E-state index contributed by atoms with van der Waals surface area (Å²) < 4.78 is 49.3. The van der Waals surface area contributed by atoms with E-state index in [9.17, 15) is 12.8 Å². The number of piperidine rings is 1. The standard InChI is InChI=1S/C17H22FN3O4S/c1-2-11-26(22,23)21-9-7-13(8-10-21)17-19-16(25-20-17)12-24-15-5-3-14(18)4-6-15/h3-6,13H,2,7-12H2,1H3. The van der Waals surface area contributed by atoms with Gasteiger partial charge in [0, 0.05) is 19.0 Å². The molecule has 2 heterocycles. The molecular weight excluding hydrogens is 361 g/mol. The first-order valence-electron chi connectivity index (χ1n) is 8.66. The van der Waals surface area contributed by atoms with E-state index in [0.717, 1.165) is 0 Å². The summed E-state index contributed by atoms with van der Waals surface area (Å²) in [6, 6.07) is 5.68. The van der Waals surface area contributed by atoms with Crippen LogP contribution in [0.5, 0.6) is 5.75 Å². The molecule has 1 aliphatic rings. The van der Waals surface area contributed by atoms with Crippen LogP contribution in [0, 0.1) is 5.82 Å². The van der Waals surface area contributed by atoms with Crippen molar-refractivity contribution in [2.45, 2.75) is 38.7 Å². The van der Waals surface area contributed by atoms with Gasteiger partial charge in [-0.05, 0) is 43.5 Å². The Morgan fingerprint density at radius 2 is 1.96 bits per heavy atom. The highest BCUT2D eigenvalue weighted by atomic mass is 32.2. The molecule has 0 amide bonds. The van der Waals surface area contributed by atoms with Crippen LogP contribution < -0.4 is 4.74 Å². The molecule has 3 rings (SSSR count). The topological polar surface area (TPSA) is 85.5 Å². The second-order valence-electron chi connectivity index (χ2n) is 6.28. The van der Waals surface area contributed by atoms with Gasteiger partial charge in [-0.3, -0.25) is 0 Å². The average Bonchev–Trinajstić information content (AvgIpc) is 3.10. The second-order valence-corrected chi connectivity index (χ2v) is 8.37. The Balaban J connectivity index is 1.53. The average molecular weight is 383 g/mol.